The van der Waals surface area contributed by atoms with Crippen molar-refractivity contribution in [3.63, 3.8) is 0 Å². The molecular weight excluding hydrogens is 324 g/mol. The van der Waals surface area contributed by atoms with E-state index in [1.807, 2.05) is 11.0 Å². The molecule has 0 saturated carbocycles. The van der Waals surface area contributed by atoms with E-state index in [2.05, 4.69) is 39.8 Å². The summed E-state index contributed by atoms with van der Waals surface area (Å²) < 4.78 is 4.86. The standard InChI is InChI=1S/C17H24N4O2S/c1-14(11-16-3-2-10-24-16)12-18-17(22)21-7-5-20(6-8-21)13-15-4-9-23-19-15/h2-4,9-10,14H,5-8,11-13H2,1H3,(H,18,22)/t14-/m0/s1. The second-order valence-electron chi connectivity index (χ2n) is 6.33. The quantitative estimate of drug-likeness (QED) is 0.871. The van der Waals surface area contributed by atoms with Gasteiger partial charge in [0.15, 0.2) is 0 Å². The molecule has 0 bridgehead atoms. The summed E-state index contributed by atoms with van der Waals surface area (Å²) >= 11 is 1.77. The van der Waals surface area contributed by atoms with Crippen molar-refractivity contribution in [1.82, 2.24) is 20.3 Å². The van der Waals surface area contributed by atoms with Crippen LogP contribution in [0.25, 0.3) is 0 Å². The molecule has 2 aromatic heterocycles. The molecule has 2 aromatic rings. The molecule has 3 rings (SSSR count). The largest absolute Gasteiger partial charge is 0.364 e. The molecule has 0 spiro atoms. The number of nitrogens with one attached hydrogen (secondary N) is 1. The van der Waals surface area contributed by atoms with Gasteiger partial charge in [0.05, 0.1) is 5.69 Å². The molecule has 1 aliphatic heterocycles. The van der Waals surface area contributed by atoms with Crippen LogP contribution in [0, 0.1) is 5.92 Å². The van der Waals surface area contributed by atoms with E-state index in [0.29, 0.717) is 5.92 Å². The van der Waals surface area contributed by atoms with Crippen LogP contribution in [0.1, 0.15) is 17.5 Å². The maximum absolute atomic E-state index is 12.3. The summed E-state index contributed by atoms with van der Waals surface area (Å²) in [6, 6.07) is 6.16. The molecule has 0 aliphatic carbocycles. The Kier molecular flexibility index (Phi) is 5.87. The lowest BCUT2D eigenvalue weighted by molar-refractivity contribution is 0.133. The molecule has 7 heteroatoms. The summed E-state index contributed by atoms with van der Waals surface area (Å²) in [4.78, 5) is 17.9. The highest BCUT2D eigenvalue weighted by Gasteiger charge is 2.21. The van der Waals surface area contributed by atoms with Crippen molar-refractivity contribution in [3.05, 3.63) is 40.4 Å². The van der Waals surface area contributed by atoms with Crippen LogP contribution in [-0.2, 0) is 13.0 Å². The highest BCUT2D eigenvalue weighted by molar-refractivity contribution is 7.09. The summed E-state index contributed by atoms with van der Waals surface area (Å²) in [5.74, 6) is 0.445. The van der Waals surface area contributed by atoms with E-state index in [-0.39, 0.29) is 6.03 Å². The molecule has 3 heterocycles. The predicted octanol–water partition coefficient (Wildman–Crippen LogP) is 2.44. The average molecular weight is 348 g/mol. The van der Waals surface area contributed by atoms with Crippen molar-refractivity contribution in [2.75, 3.05) is 32.7 Å². The number of carbonyl (C=O) groups excluding carboxylic acids is 1. The Labute approximate surface area is 146 Å². The average Bonchev–Trinajstić information content (AvgIpc) is 3.27. The molecular formula is C17H24N4O2S. The number of carbonyl (C=O) groups is 1. The van der Waals surface area contributed by atoms with Gasteiger partial charge in [0.25, 0.3) is 0 Å². The maximum Gasteiger partial charge on any atom is 0.317 e. The second kappa shape index (κ2) is 8.30. The molecule has 24 heavy (non-hydrogen) atoms. The first-order valence-electron chi connectivity index (χ1n) is 8.37. The van der Waals surface area contributed by atoms with Crippen molar-refractivity contribution in [1.29, 1.82) is 0 Å². The van der Waals surface area contributed by atoms with Gasteiger partial charge in [-0.25, -0.2) is 4.79 Å². The third-order valence-corrected chi connectivity index (χ3v) is 5.17. The lowest BCUT2D eigenvalue weighted by atomic mass is 10.1. The zero-order valence-electron chi connectivity index (χ0n) is 14.0. The summed E-state index contributed by atoms with van der Waals surface area (Å²) in [7, 11) is 0. The van der Waals surface area contributed by atoms with E-state index in [9.17, 15) is 4.79 Å². The number of hydrogen-bond donors (Lipinski definition) is 1. The summed E-state index contributed by atoms with van der Waals surface area (Å²) in [6.07, 6.45) is 2.61. The molecule has 1 fully saturated rings. The summed E-state index contributed by atoms with van der Waals surface area (Å²) in [5, 5.41) is 9.10. The first kappa shape index (κ1) is 17.0. The van der Waals surface area contributed by atoms with Crippen LogP contribution in [0.4, 0.5) is 4.79 Å². The predicted molar refractivity (Wildman–Crippen MR) is 93.9 cm³/mol. The van der Waals surface area contributed by atoms with Gasteiger partial charge in [0, 0.05) is 50.2 Å². The normalized spacial score (nSPS) is 17.0. The Hall–Kier alpha value is -1.86. The second-order valence-corrected chi connectivity index (χ2v) is 7.36. The van der Waals surface area contributed by atoms with E-state index >= 15 is 0 Å². The van der Waals surface area contributed by atoms with Crippen molar-refractivity contribution in [3.8, 4) is 0 Å². The minimum atomic E-state index is 0.0501. The van der Waals surface area contributed by atoms with Crippen LogP contribution in [0.3, 0.4) is 0 Å². The first-order chi connectivity index (χ1) is 11.7. The van der Waals surface area contributed by atoms with Crippen LogP contribution in [0.2, 0.25) is 0 Å². The van der Waals surface area contributed by atoms with Gasteiger partial charge in [-0.1, -0.05) is 18.1 Å². The molecule has 6 nitrogen and oxygen atoms in total. The zero-order valence-corrected chi connectivity index (χ0v) is 14.8. The van der Waals surface area contributed by atoms with Crippen LogP contribution < -0.4 is 5.32 Å². The molecule has 0 unspecified atom stereocenters. The topological polar surface area (TPSA) is 61.6 Å². The van der Waals surface area contributed by atoms with Crippen LogP contribution in [0.15, 0.2) is 34.4 Å². The SMILES string of the molecule is C[C@H](CNC(=O)N1CCN(Cc2ccon2)CC1)Cc1cccs1. The minimum Gasteiger partial charge on any atom is -0.364 e. The fraction of sp³-hybridized carbons (Fsp3) is 0.529. The first-order valence-corrected chi connectivity index (χ1v) is 9.25. The third-order valence-electron chi connectivity index (χ3n) is 4.27. The van der Waals surface area contributed by atoms with Gasteiger partial charge in [0.2, 0.25) is 0 Å². The number of piperazine rings is 1. The number of amides is 2. The van der Waals surface area contributed by atoms with E-state index in [1.165, 1.54) is 4.88 Å². The van der Waals surface area contributed by atoms with Crippen LogP contribution >= 0.6 is 11.3 Å². The van der Waals surface area contributed by atoms with Crippen molar-refractivity contribution in [2.45, 2.75) is 19.9 Å². The Morgan fingerprint density at radius 2 is 2.21 bits per heavy atom. The molecule has 0 radical (unpaired) electrons. The zero-order chi connectivity index (χ0) is 16.8. The fourth-order valence-electron chi connectivity index (χ4n) is 2.87. The number of urea groups is 1. The van der Waals surface area contributed by atoms with Gasteiger partial charge in [-0.3, -0.25) is 4.90 Å². The highest BCUT2D eigenvalue weighted by Crippen LogP contribution is 2.14. The molecule has 130 valence electrons. The lowest BCUT2D eigenvalue weighted by Gasteiger charge is -2.34. The van der Waals surface area contributed by atoms with E-state index < -0.39 is 0 Å². The molecule has 0 aromatic carbocycles. The van der Waals surface area contributed by atoms with E-state index in [1.54, 1.807) is 17.6 Å². The van der Waals surface area contributed by atoms with E-state index in [0.717, 1.165) is 51.4 Å². The number of aromatic nitrogens is 1. The van der Waals surface area contributed by atoms with Gasteiger partial charge in [0.1, 0.15) is 6.26 Å². The van der Waals surface area contributed by atoms with Gasteiger partial charge >= 0.3 is 6.03 Å². The number of rotatable bonds is 6. The fourth-order valence-corrected chi connectivity index (χ4v) is 3.74. The number of thiophene rings is 1. The Morgan fingerprint density at radius 3 is 2.88 bits per heavy atom. The molecule has 1 saturated heterocycles. The number of hydrogen-bond acceptors (Lipinski definition) is 5. The summed E-state index contributed by atoms with van der Waals surface area (Å²) in [5.41, 5.74) is 0.940. The van der Waals surface area contributed by atoms with Gasteiger partial charge in [-0.05, 0) is 23.8 Å². The lowest BCUT2D eigenvalue weighted by Crippen LogP contribution is -2.52. The van der Waals surface area contributed by atoms with Crippen LogP contribution in [0.5, 0.6) is 0 Å². The molecule has 1 atom stereocenters. The monoisotopic (exact) mass is 348 g/mol. The Morgan fingerprint density at radius 1 is 1.38 bits per heavy atom. The van der Waals surface area contributed by atoms with Gasteiger partial charge < -0.3 is 14.7 Å². The van der Waals surface area contributed by atoms with Crippen molar-refractivity contribution in [2.24, 2.45) is 5.92 Å². The maximum atomic E-state index is 12.3. The van der Waals surface area contributed by atoms with Gasteiger partial charge in [-0.2, -0.15) is 0 Å². The minimum absolute atomic E-state index is 0.0501. The van der Waals surface area contributed by atoms with Crippen LogP contribution in [-0.4, -0.2) is 53.7 Å². The third kappa shape index (κ3) is 4.82. The smallest absolute Gasteiger partial charge is 0.317 e. The van der Waals surface area contributed by atoms with Crippen molar-refractivity contribution < 1.29 is 9.32 Å². The summed E-state index contributed by atoms with van der Waals surface area (Å²) in [6.45, 7) is 6.91. The molecule has 2 amide bonds. The van der Waals surface area contributed by atoms with Crippen molar-refractivity contribution >= 4 is 17.4 Å². The van der Waals surface area contributed by atoms with Gasteiger partial charge in [-0.15, -0.1) is 11.3 Å². The van der Waals surface area contributed by atoms with E-state index in [4.69, 9.17) is 4.52 Å². The Bertz CT molecular complexity index is 607. The molecule has 1 N–H and O–H groups in total. The molecule has 1 aliphatic rings. The Balaban J connectivity index is 1.35. The highest BCUT2D eigenvalue weighted by atomic mass is 32.1. The number of nitrogens with zero attached hydrogens (tertiary/aromatic N) is 3.